The molecule has 0 saturated carbocycles. The summed E-state index contributed by atoms with van der Waals surface area (Å²) in [5.41, 5.74) is 1.93. The molecule has 37 heavy (non-hydrogen) atoms. The van der Waals surface area contributed by atoms with E-state index in [4.69, 9.17) is 26.3 Å². The van der Waals surface area contributed by atoms with Crippen molar-refractivity contribution in [3.8, 4) is 11.5 Å². The Morgan fingerprint density at radius 1 is 1.27 bits per heavy atom. The van der Waals surface area contributed by atoms with Gasteiger partial charge in [0.05, 0.1) is 18.3 Å². The van der Waals surface area contributed by atoms with E-state index in [0.29, 0.717) is 23.1 Å². The Bertz CT molecular complexity index is 1380. The van der Waals surface area contributed by atoms with Crippen LogP contribution in [0.2, 0.25) is 5.02 Å². The smallest absolute Gasteiger partial charge is 0.266 e. The maximum atomic E-state index is 14.5. The quantitative estimate of drug-likeness (QED) is 0.181. The van der Waals surface area contributed by atoms with Crippen LogP contribution in [0.1, 0.15) is 12.8 Å². The molecule has 0 bridgehead atoms. The Labute approximate surface area is 214 Å². The van der Waals surface area contributed by atoms with E-state index >= 15 is 0 Å². The van der Waals surface area contributed by atoms with E-state index in [0.717, 1.165) is 12.1 Å². The van der Waals surface area contributed by atoms with E-state index in [2.05, 4.69) is 21.9 Å². The fourth-order valence-electron chi connectivity index (χ4n) is 4.09. The summed E-state index contributed by atoms with van der Waals surface area (Å²) in [5, 5.41) is 11.7. The molecule has 2 heterocycles. The second-order valence-electron chi connectivity index (χ2n) is 8.08. The van der Waals surface area contributed by atoms with E-state index in [-0.39, 0.29) is 30.2 Å². The number of nitrogens with one attached hydrogen (secondary N) is 2. The molecule has 0 unspecified atom stereocenters. The van der Waals surface area contributed by atoms with Crippen molar-refractivity contribution >= 4 is 45.8 Å². The number of amides is 2. The van der Waals surface area contributed by atoms with Gasteiger partial charge < -0.3 is 19.7 Å². The number of likely N-dealkylation sites (tertiary alicyclic amines) is 1. The molecule has 0 aliphatic carbocycles. The number of ether oxygens (including phenoxy) is 2. The second kappa shape index (κ2) is 10.9. The Kier molecular flexibility index (Phi) is 7.69. The zero-order valence-corrected chi connectivity index (χ0v) is 20.3. The number of nitrogens with zero attached hydrogens (tertiary/aromatic N) is 3. The number of carbonyl (C=O) groups is 2. The summed E-state index contributed by atoms with van der Waals surface area (Å²) < 4.78 is 39.7. The van der Waals surface area contributed by atoms with Crippen LogP contribution >= 0.6 is 11.6 Å². The monoisotopic (exact) mass is 533 g/mol. The zero-order valence-electron chi connectivity index (χ0n) is 19.5. The number of halogens is 3. The van der Waals surface area contributed by atoms with Crippen LogP contribution in [0.25, 0.3) is 10.9 Å². The number of benzene rings is 2. The van der Waals surface area contributed by atoms with Crippen molar-refractivity contribution in [2.75, 3.05) is 19.0 Å². The van der Waals surface area contributed by atoms with Gasteiger partial charge in [0.25, 0.3) is 5.91 Å². The first-order chi connectivity index (χ1) is 17.8. The third-order valence-corrected chi connectivity index (χ3v) is 6.27. The van der Waals surface area contributed by atoms with E-state index < -0.39 is 40.6 Å². The summed E-state index contributed by atoms with van der Waals surface area (Å²) in [6.45, 7) is 3.63. The van der Waals surface area contributed by atoms with E-state index in [1.54, 1.807) is 17.6 Å². The average molecular weight is 534 g/mol. The molecule has 1 saturated heterocycles. The van der Waals surface area contributed by atoms with Crippen molar-refractivity contribution in [3.63, 3.8) is 0 Å². The Morgan fingerprint density at radius 2 is 2.05 bits per heavy atom. The highest BCUT2D eigenvalue weighted by molar-refractivity contribution is 6.31. The minimum atomic E-state index is -0.979. The number of anilines is 2. The molecule has 3 N–H and O–H groups in total. The number of methoxy groups -OCH3 is 1. The first kappa shape index (κ1) is 26.0. The molecule has 194 valence electrons. The average Bonchev–Trinajstić information content (AvgIpc) is 2.92. The Hall–Kier alpha value is -4.03. The normalized spacial score (nSPS) is 17.3. The van der Waals surface area contributed by atoms with Gasteiger partial charge in [-0.1, -0.05) is 18.2 Å². The number of hydroxylamine groups is 1. The second-order valence-corrected chi connectivity index (χ2v) is 8.46. The molecule has 0 radical (unpaired) electrons. The number of rotatable bonds is 7. The molecule has 1 aromatic heterocycles. The zero-order chi connectivity index (χ0) is 26.7. The summed E-state index contributed by atoms with van der Waals surface area (Å²) in [6.07, 6.45) is 2.29. The van der Waals surface area contributed by atoms with Crippen molar-refractivity contribution in [2.24, 2.45) is 0 Å². The van der Waals surface area contributed by atoms with Crippen LogP contribution in [0.4, 0.5) is 20.3 Å². The molecule has 1 aliphatic rings. The number of carbonyl (C=O) groups excluding carboxylic acids is 2. The lowest BCUT2D eigenvalue weighted by Gasteiger charge is -2.37. The molecule has 2 atom stereocenters. The van der Waals surface area contributed by atoms with Crippen molar-refractivity contribution in [3.05, 3.63) is 59.9 Å². The van der Waals surface area contributed by atoms with Crippen LogP contribution in [-0.2, 0) is 9.59 Å². The van der Waals surface area contributed by atoms with Gasteiger partial charge in [0.1, 0.15) is 35.1 Å². The van der Waals surface area contributed by atoms with Crippen LogP contribution < -0.4 is 20.3 Å². The van der Waals surface area contributed by atoms with Crippen molar-refractivity contribution in [1.29, 1.82) is 0 Å². The van der Waals surface area contributed by atoms with Gasteiger partial charge in [-0.15, -0.1) is 0 Å². The lowest BCUT2D eigenvalue weighted by molar-refractivity contribution is -0.145. The van der Waals surface area contributed by atoms with Gasteiger partial charge >= 0.3 is 0 Å². The van der Waals surface area contributed by atoms with Gasteiger partial charge in [0.15, 0.2) is 17.3 Å². The van der Waals surface area contributed by atoms with E-state index in [1.165, 1.54) is 24.4 Å². The van der Waals surface area contributed by atoms with Crippen LogP contribution in [-0.4, -0.2) is 57.7 Å². The highest BCUT2D eigenvalue weighted by Gasteiger charge is 2.36. The predicted octanol–water partition coefficient (Wildman–Crippen LogP) is 3.74. The minimum absolute atomic E-state index is 0.0862. The predicted molar refractivity (Wildman–Crippen MR) is 130 cm³/mol. The standard InChI is InChI=1S/C24H22ClF2N5O5/c1-3-20(33)32-7-6-12(8-17(32)24(34)31-35)37-19-9-13-16(10-18(19)36-2)28-11-29-23(13)30-15-5-4-14(26)21(25)22(15)27/h3-5,9-12,17,35H,1,6-8H2,2H3,(H,31,34)(H,28,29,30)/t12-,17-/m1/s1. The molecule has 2 amide bonds. The first-order valence-corrected chi connectivity index (χ1v) is 11.4. The summed E-state index contributed by atoms with van der Waals surface area (Å²) in [6, 6.07) is 4.42. The van der Waals surface area contributed by atoms with Gasteiger partial charge in [-0.05, 0) is 24.3 Å². The van der Waals surface area contributed by atoms with Crippen LogP contribution in [0.3, 0.4) is 0 Å². The molecule has 4 rings (SSSR count). The number of hydrogen-bond donors (Lipinski definition) is 3. The van der Waals surface area contributed by atoms with Gasteiger partial charge in [-0.25, -0.2) is 24.2 Å². The summed E-state index contributed by atoms with van der Waals surface area (Å²) in [5.74, 6) is -2.27. The van der Waals surface area contributed by atoms with Gasteiger partial charge in [-0.3, -0.25) is 14.8 Å². The SMILES string of the molecule is C=CC(=O)N1CC[C@@H](Oc2cc3c(Nc4ccc(F)c(Cl)c4F)ncnc3cc2OC)C[C@@H]1C(=O)NO. The summed E-state index contributed by atoms with van der Waals surface area (Å²) >= 11 is 5.69. The number of hydrogen-bond acceptors (Lipinski definition) is 8. The van der Waals surface area contributed by atoms with Crippen LogP contribution in [0.5, 0.6) is 11.5 Å². The third-order valence-electron chi connectivity index (χ3n) is 5.93. The van der Waals surface area contributed by atoms with Crippen molar-refractivity contribution in [1.82, 2.24) is 20.3 Å². The minimum Gasteiger partial charge on any atom is -0.493 e. The topological polar surface area (TPSA) is 126 Å². The lowest BCUT2D eigenvalue weighted by Crippen LogP contribution is -2.54. The first-order valence-electron chi connectivity index (χ1n) is 11.0. The van der Waals surface area contributed by atoms with E-state index in [9.17, 15) is 18.4 Å². The van der Waals surface area contributed by atoms with Crippen molar-refractivity contribution < 1.29 is 33.1 Å². The van der Waals surface area contributed by atoms with E-state index in [1.807, 2.05) is 0 Å². The molecule has 2 aromatic carbocycles. The number of piperidine rings is 1. The third kappa shape index (κ3) is 5.25. The number of aromatic nitrogens is 2. The van der Waals surface area contributed by atoms with Gasteiger partial charge in [0.2, 0.25) is 5.91 Å². The molecule has 0 spiro atoms. The van der Waals surface area contributed by atoms with Crippen LogP contribution in [0, 0.1) is 11.6 Å². The maximum absolute atomic E-state index is 14.5. The van der Waals surface area contributed by atoms with Crippen molar-refractivity contribution in [2.45, 2.75) is 25.0 Å². The largest absolute Gasteiger partial charge is 0.493 e. The summed E-state index contributed by atoms with van der Waals surface area (Å²) in [4.78, 5) is 34.1. The van der Waals surface area contributed by atoms with Gasteiger partial charge in [-0.2, -0.15) is 0 Å². The van der Waals surface area contributed by atoms with Crippen LogP contribution in [0.15, 0.2) is 43.2 Å². The molecule has 3 aromatic rings. The molecule has 13 heteroatoms. The lowest BCUT2D eigenvalue weighted by atomic mass is 9.98. The molecular weight excluding hydrogens is 512 g/mol. The Balaban J connectivity index is 1.66. The maximum Gasteiger partial charge on any atom is 0.266 e. The highest BCUT2D eigenvalue weighted by Crippen LogP contribution is 2.37. The fourth-order valence-corrected chi connectivity index (χ4v) is 4.25. The molecular formula is C24H22ClF2N5O5. The number of fused-ring (bicyclic) bond motifs is 1. The Morgan fingerprint density at radius 3 is 2.76 bits per heavy atom. The fraction of sp³-hybridized carbons (Fsp3) is 0.250. The molecule has 1 fully saturated rings. The highest BCUT2D eigenvalue weighted by atomic mass is 35.5. The summed E-state index contributed by atoms with van der Waals surface area (Å²) in [7, 11) is 1.44. The molecule has 10 nitrogen and oxygen atoms in total. The van der Waals surface area contributed by atoms with Gasteiger partial charge in [0, 0.05) is 30.8 Å². The molecule has 1 aliphatic heterocycles.